The Morgan fingerprint density at radius 3 is 2.48 bits per heavy atom. The lowest BCUT2D eigenvalue weighted by Gasteiger charge is -2.10. The number of hydrazine groups is 1. The summed E-state index contributed by atoms with van der Waals surface area (Å²) in [6.07, 6.45) is 0. The number of hydrogen-bond donors (Lipinski definition) is 2. The van der Waals surface area contributed by atoms with E-state index in [1.165, 1.54) is 11.8 Å². The standard InChI is InChI=1S/C22H19N5O2S2/c1-15-8-5-6-11-17(15)21(29)25-23-19(28)14-31-22-26-24-20(18-12-7-13-30-18)27(22)16-9-3-2-4-10-16/h2-13H,14H2,1H3,(H,23,28)(H,25,29). The molecule has 0 aliphatic heterocycles. The Labute approximate surface area is 187 Å². The second-order valence-electron chi connectivity index (χ2n) is 6.56. The lowest BCUT2D eigenvalue weighted by Crippen LogP contribution is -2.42. The van der Waals surface area contributed by atoms with E-state index in [1.807, 2.05) is 71.5 Å². The first kappa shape index (κ1) is 20.8. The number of para-hydroxylation sites is 1. The van der Waals surface area contributed by atoms with E-state index in [0.717, 1.165) is 22.0 Å². The lowest BCUT2D eigenvalue weighted by molar-refractivity contribution is -0.119. The fourth-order valence-electron chi connectivity index (χ4n) is 2.93. The quantitative estimate of drug-likeness (QED) is 0.345. The maximum atomic E-state index is 12.3. The predicted octanol–water partition coefficient (Wildman–Crippen LogP) is 3.86. The average molecular weight is 450 g/mol. The molecule has 4 rings (SSSR count). The molecule has 0 aliphatic carbocycles. The molecule has 0 unspecified atom stereocenters. The van der Waals surface area contributed by atoms with Gasteiger partial charge in [-0.3, -0.25) is 25.0 Å². The van der Waals surface area contributed by atoms with E-state index in [1.54, 1.807) is 23.5 Å². The first-order valence-electron chi connectivity index (χ1n) is 9.46. The molecule has 0 aliphatic rings. The van der Waals surface area contributed by atoms with Crippen molar-refractivity contribution in [2.24, 2.45) is 0 Å². The molecule has 0 saturated carbocycles. The van der Waals surface area contributed by atoms with Crippen molar-refractivity contribution in [1.82, 2.24) is 25.6 Å². The van der Waals surface area contributed by atoms with Gasteiger partial charge in [0.1, 0.15) is 0 Å². The molecule has 2 N–H and O–H groups in total. The third-order valence-electron chi connectivity index (χ3n) is 4.43. The van der Waals surface area contributed by atoms with Crippen molar-refractivity contribution in [3.8, 4) is 16.4 Å². The summed E-state index contributed by atoms with van der Waals surface area (Å²) in [5.41, 5.74) is 7.17. The summed E-state index contributed by atoms with van der Waals surface area (Å²) >= 11 is 2.82. The highest BCUT2D eigenvalue weighted by Gasteiger charge is 2.18. The second kappa shape index (κ2) is 9.59. The van der Waals surface area contributed by atoms with Gasteiger partial charge in [0, 0.05) is 11.3 Å². The average Bonchev–Trinajstić information content (AvgIpc) is 3.46. The number of nitrogens with one attached hydrogen (secondary N) is 2. The van der Waals surface area contributed by atoms with Crippen molar-refractivity contribution in [3.05, 3.63) is 83.2 Å². The molecule has 2 aromatic heterocycles. The number of aryl methyl sites for hydroxylation is 1. The zero-order chi connectivity index (χ0) is 21.6. The smallest absolute Gasteiger partial charge is 0.269 e. The number of amides is 2. The van der Waals surface area contributed by atoms with E-state index in [-0.39, 0.29) is 17.6 Å². The Morgan fingerprint density at radius 1 is 0.968 bits per heavy atom. The molecule has 0 spiro atoms. The minimum atomic E-state index is -0.358. The number of aromatic nitrogens is 3. The summed E-state index contributed by atoms with van der Waals surface area (Å²) in [4.78, 5) is 25.6. The van der Waals surface area contributed by atoms with Gasteiger partial charge in [-0.15, -0.1) is 21.5 Å². The molecule has 2 amide bonds. The van der Waals surface area contributed by atoms with Gasteiger partial charge in [0.05, 0.1) is 10.6 Å². The van der Waals surface area contributed by atoms with Crippen LogP contribution >= 0.6 is 23.1 Å². The van der Waals surface area contributed by atoms with Crippen molar-refractivity contribution in [2.45, 2.75) is 12.1 Å². The van der Waals surface area contributed by atoms with Gasteiger partial charge in [-0.25, -0.2) is 0 Å². The Bertz CT molecular complexity index is 1190. The molecule has 2 aromatic carbocycles. The van der Waals surface area contributed by atoms with Crippen LogP contribution in [-0.4, -0.2) is 32.3 Å². The molecule has 31 heavy (non-hydrogen) atoms. The second-order valence-corrected chi connectivity index (χ2v) is 8.45. The van der Waals surface area contributed by atoms with Gasteiger partial charge >= 0.3 is 0 Å². The fourth-order valence-corrected chi connectivity index (χ4v) is 4.38. The van der Waals surface area contributed by atoms with Crippen LogP contribution in [0.4, 0.5) is 0 Å². The zero-order valence-corrected chi connectivity index (χ0v) is 18.2. The molecule has 9 heteroatoms. The van der Waals surface area contributed by atoms with Crippen LogP contribution in [0.25, 0.3) is 16.4 Å². The van der Waals surface area contributed by atoms with E-state index in [2.05, 4.69) is 21.0 Å². The van der Waals surface area contributed by atoms with E-state index >= 15 is 0 Å². The molecule has 0 fully saturated rings. The number of thiophene rings is 1. The molecule has 156 valence electrons. The maximum absolute atomic E-state index is 12.3. The largest absolute Gasteiger partial charge is 0.272 e. The SMILES string of the molecule is Cc1ccccc1C(=O)NNC(=O)CSc1nnc(-c2cccs2)n1-c1ccccc1. The first-order valence-corrected chi connectivity index (χ1v) is 11.3. The molecule has 0 bridgehead atoms. The zero-order valence-electron chi connectivity index (χ0n) is 16.6. The molecule has 0 radical (unpaired) electrons. The molecule has 2 heterocycles. The van der Waals surface area contributed by atoms with Crippen molar-refractivity contribution in [3.63, 3.8) is 0 Å². The van der Waals surface area contributed by atoms with Crippen LogP contribution in [-0.2, 0) is 4.79 Å². The molecule has 0 atom stereocenters. The number of benzene rings is 2. The molecular formula is C22H19N5O2S2. The summed E-state index contributed by atoms with van der Waals surface area (Å²) < 4.78 is 1.93. The topological polar surface area (TPSA) is 88.9 Å². The predicted molar refractivity (Wildman–Crippen MR) is 122 cm³/mol. The Hall–Kier alpha value is -3.43. The highest BCUT2D eigenvalue weighted by atomic mass is 32.2. The van der Waals surface area contributed by atoms with E-state index in [9.17, 15) is 9.59 Å². The third-order valence-corrected chi connectivity index (χ3v) is 6.22. The molecule has 0 saturated heterocycles. The van der Waals surface area contributed by atoms with Crippen molar-refractivity contribution < 1.29 is 9.59 Å². The summed E-state index contributed by atoms with van der Waals surface area (Å²) in [7, 11) is 0. The first-order chi connectivity index (χ1) is 15.1. The minimum absolute atomic E-state index is 0.0729. The number of carbonyl (C=O) groups is 2. The van der Waals surface area contributed by atoms with Crippen LogP contribution in [0.5, 0.6) is 0 Å². The van der Waals surface area contributed by atoms with Crippen LogP contribution in [0.2, 0.25) is 0 Å². The normalized spacial score (nSPS) is 10.6. The van der Waals surface area contributed by atoms with Crippen LogP contribution in [0.3, 0.4) is 0 Å². The Morgan fingerprint density at radius 2 is 1.74 bits per heavy atom. The van der Waals surface area contributed by atoms with Crippen molar-refractivity contribution in [2.75, 3.05) is 5.75 Å². The monoisotopic (exact) mass is 449 g/mol. The van der Waals surface area contributed by atoms with Crippen LogP contribution in [0.1, 0.15) is 15.9 Å². The number of thioether (sulfide) groups is 1. The van der Waals surface area contributed by atoms with Gasteiger partial charge in [0.15, 0.2) is 11.0 Å². The fraction of sp³-hybridized carbons (Fsp3) is 0.0909. The van der Waals surface area contributed by atoms with E-state index in [4.69, 9.17) is 0 Å². The molecule has 4 aromatic rings. The summed E-state index contributed by atoms with van der Waals surface area (Å²) in [6.45, 7) is 1.84. The lowest BCUT2D eigenvalue weighted by atomic mass is 10.1. The van der Waals surface area contributed by atoms with Crippen molar-refractivity contribution in [1.29, 1.82) is 0 Å². The number of carbonyl (C=O) groups excluding carboxylic acids is 2. The number of hydrogen-bond acceptors (Lipinski definition) is 6. The highest BCUT2D eigenvalue weighted by molar-refractivity contribution is 7.99. The van der Waals surface area contributed by atoms with Crippen LogP contribution in [0.15, 0.2) is 77.3 Å². The Kier molecular flexibility index (Phi) is 6.44. The molecule has 7 nitrogen and oxygen atoms in total. The van der Waals surface area contributed by atoms with Gasteiger partial charge in [-0.05, 0) is 42.1 Å². The van der Waals surface area contributed by atoms with Crippen LogP contribution < -0.4 is 10.9 Å². The highest BCUT2D eigenvalue weighted by Crippen LogP contribution is 2.30. The van der Waals surface area contributed by atoms with Gasteiger partial charge < -0.3 is 0 Å². The van der Waals surface area contributed by atoms with Gasteiger partial charge in [-0.1, -0.05) is 54.2 Å². The Balaban J connectivity index is 1.44. The summed E-state index contributed by atoms with van der Waals surface area (Å²) in [5.74, 6) is 0.0942. The van der Waals surface area contributed by atoms with Crippen molar-refractivity contribution >= 4 is 34.9 Å². The van der Waals surface area contributed by atoms with E-state index < -0.39 is 0 Å². The maximum Gasteiger partial charge on any atom is 0.269 e. The summed E-state index contributed by atoms with van der Waals surface area (Å²) in [6, 6.07) is 20.9. The minimum Gasteiger partial charge on any atom is -0.272 e. The van der Waals surface area contributed by atoms with Gasteiger partial charge in [-0.2, -0.15) is 0 Å². The van der Waals surface area contributed by atoms with Gasteiger partial charge in [0.25, 0.3) is 5.91 Å². The molecular weight excluding hydrogens is 430 g/mol. The van der Waals surface area contributed by atoms with E-state index in [0.29, 0.717) is 10.7 Å². The number of rotatable bonds is 6. The van der Waals surface area contributed by atoms with Gasteiger partial charge in [0.2, 0.25) is 5.91 Å². The third kappa shape index (κ3) is 4.84. The summed E-state index contributed by atoms with van der Waals surface area (Å²) in [5, 5.41) is 11.2. The van der Waals surface area contributed by atoms with Crippen LogP contribution in [0, 0.1) is 6.92 Å². The number of nitrogens with zero attached hydrogens (tertiary/aromatic N) is 3.